The highest BCUT2D eigenvalue weighted by Gasteiger charge is 2.16. The number of nitrogens with two attached hydrogens (primary N) is 1. The zero-order valence-corrected chi connectivity index (χ0v) is 7.95. The Hall–Kier alpha value is -0.610. The maximum absolute atomic E-state index is 11.3. The van der Waals surface area contributed by atoms with Gasteiger partial charge in [0.05, 0.1) is 6.10 Å². The Morgan fingerprint density at radius 3 is 2.42 bits per heavy atom. The third-order valence-corrected chi connectivity index (χ3v) is 1.69. The molecule has 0 aromatic carbocycles. The molecule has 0 saturated heterocycles. The zero-order valence-electron chi connectivity index (χ0n) is 7.95. The number of rotatable bonds is 4. The van der Waals surface area contributed by atoms with Gasteiger partial charge in [0, 0.05) is 26.1 Å². The molecule has 0 aromatic heterocycles. The summed E-state index contributed by atoms with van der Waals surface area (Å²) in [6.45, 7) is 4.14. The standard InChI is InChI=1S/C8H18N2O2/c1-6(4-9)8(12)10(3)5-7(2)11/h6-7,11H,4-5,9H2,1-3H3. The molecule has 0 heterocycles. The van der Waals surface area contributed by atoms with Gasteiger partial charge < -0.3 is 15.7 Å². The van der Waals surface area contributed by atoms with Crippen molar-refractivity contribution < 1.29 is 9.90 Å². The van der Waals surface area contributed by atoms with E-state index in [-0.39, 0.29) is 11.8 Å². The van der Waals surface area contributed by atoms with Gasteiger partial charge in [0.15, 0.2) is 0 Å². The molecule has 0 aliphatic rings. The van der Waals surface area contributed by atoms with Crippen molar-refractivity contribution in [2.45, 2.75) is 20.0 Å². The highest BCUT2D eigenvalue weighted by atomic mass is 16.3. The largest absolute Gasteiger partial charge is 0.392 e. The minimum absolute atomic E-state index is 0.0154. The molecular formula is C8H18N2O2. The van der Waals surface area contributed by atoms with Gasteiger partial charge in [-0.3, -0.25) is 4.79 Å². The van der Waals surface area contributed by atoms with Crippen LogP contribution >= 0.6 is 0 Å². The zero-order chi connectivity index (χ0) is 9.72. The summed E-state index contributed by atoms with van der Waals surface area (Å²) in [5.41, 5.74) is 5.33. The van der Waals surface area contributed by atoms with Gasteiger partial charge in [0.1, 0.15) is 0 Å². The molecule has 3 N–H and O–H groups in total. The summed E-state index contributed by atoms with van der Waals surface area (Å²) in [6.07, 6.45) is -0.482. The van der Waals surface area contributed by atoms with E-state index in [1.54, 1.807) is 20.9 Å². The Bertz CT molecular complexity index is 148. The first kappa shape index (κ1) is 11.4. The van der Waals surface area contributed by atoms with Crippen molar-refractivity contribution in [1.29, 1.82) is 0 Å². The molecule has 0 spiro atoms. The maximum atomic E-state index is 11.3. The molecule has 2 atom stereocenters. The Kier molecular flexibility index (Phi) is 4.85. The predicted molar refractivity (Wildman–Crippen MR) is 47.5 cm³/mol. The first-order valence-electron chi connectivity index (χ1n) is 4.12. The predicted octanol–water partition coefficient (Wildman–Crippen LogP) is -0.580. The summed E-state index contributed by atoms with van der Waals surface area (Å²) >= 11 is 0. The number of aliphatic hydroxyl groups is 1. The second-order valence-corrected chi connectivity index (χ2v) is 3.20. The van der Waals surface area contributed by atoms with Gasteiger partial charge in [-0.25, -0.2) is 0 Å². The van der Waals surface area contributed by atoms with Gasteiger partial charge in [-0.2, -0.15) is 0 Å². The topological polar surface area (TPSA) is 66.6 Å². The molecule has 0 saturated carbocycles. The monoisotopic (exact) mass is 174 g/mol. The van der Waals surface area contributed by atoms with Crippen molar-refractivity contribution in [3.63, 3.8) is 0 Å². The second kappa shape index (κ2) is 5.11. The first-order valence-corrected chi connectivity index (χ1v) is 4.12. The quantitative estimate of drug-likeness (QED) is 0.599. The van der Waals surface area contributed by atoms with E-state index in [0.717, 1.165) is 0 Å². The van der Waals surface area contributed by atoms with E-state index in [9.17, 15) is 4.79 Å². The lowest BCUT2D eigenvalue weighted by Crippen LogP contribution is -2.38. The summed E-state index contributed by atoms with van der Waals surface area (Å²) in [4.78, 5) is 12.8. The van der Waals surface area contributed by atoms with Gasteiger partial charge in [-0.1, -0.05) is 6.92 Å². The normalized spacial score (nSPS) is 15.4. The fourth-order valence-electron chi connectivity index (χ4n) is 0.963. The molecule has 0 aromatic rings. The van der Waals surface area contributed by atoms with Crippen molar-refractivity contribution in [2.24, 2.45) is 11.7 Å². The molecule has 4 nitrogen and oxygen atoms in total. The third kappa shape index (κ3) is 3.69. The summed E-state index contributed by atoms with van der Waals surface area (Å²) in [7, 11) is 1.67. The smallest absolute Gasteiger partial charge is 0.226 e. The molecule has 0 fully saturated rings. The van der Waals surface area contributed by atoms with Crippen LogP contribution in [0.2, 0.25) is 0 Å². The van der Waals surface area contributed by atoms with Crippen LogP contribution in [-0.4, -0.2) is 42.2 Å². The van der Waals surface area contributed by atoms with Crippen molar-refractivity contribution in [2.75, 3.05) is 20.1 Å². The summed E-state index contributed by atoms with van der Waals surface area (Å²) in [5, 5.41) is 9.00. The number of hydrogen-bond acceptors (Lipinski definition) is 3. The average Bonchev–Trinajstić information content (AvgIpc) is 2.00. The van der Waals surface area contributed by atoms with Crippen molar-refractivity contribution >= 4 is 5.91 Å². The first-order chi connectivity index (χ1) is 5.49. The van der Waals surface area contributed by atoms with Gasteiger partial charge >= 0.3 is 0 Å². The molecule has 0 aliphatic heterocycles. The van der Waals surface area contributed by atoms with Crippen LogP contribution in [0.3, 0.4) is 0 Å². The minimum atomic E-state index is -0.482. The molecular weight excluding hydrogens is 156 g/mol. The molecule has 1 amide bonds. The van der Waals surface area contributed by atoms with E-state index < -0.39 is 6.10 Å². The molecule has 72 valence electrons. The number of hydrogen-bond donors (Lipinski definition) is 2. The van der Waals surface area contributed by atoms with E-state index in [2.05, 4.69) is 0 Å². The molecule has 2 unspecified atom stereocenters. The van der Waals surface area contributed by atoms with E-state index >= 15 is 0 Å². The Balaban J connectivity index is 3.92. The van der Waals surface area contributed by atoms with Crippen LogP contribution in [0.4, 0.5) is 0 Å². The molecule has 4 heteroatoms. The average molecular weight is 174 g/mol. The van der Waals surface area contributed by atoms with Crippen LogP contribution in [0.1, 0.15) is 13.8 Å². The van der Waals surface area contributed by atoms with Gasteiger partial charge in [-0.15, -0.1) is 0 Å². The Labute approximate surface area is 73.3 Å². The summed E-state index contributed by atoms with van der Waals surface area (Å²) in [5.74, 6) is -0.174. The van der Waals surface area contributed by atoms with Crippen LogP contribution in [-0.2, 0) is 4.79 Å². The fraction of sp³-hybridized carbons (Fsp3) is 0.875. The van der Waals surface area contributed by atoms with Crippen molar-refractivity contribution in [3.8, 4) is 0 Å². The third-order valence-electron chi connectivity index (χ3n) is 1.69. The molecule has 0 aliphatic carbocycles. The van der Waals surface area contributed by atoms with Crippen LogP contribution in [0.15, 0.2) is 0 Å². The molecule has 12 heavy (non-hydrogen) atoms. The molecule has 0 bridgehead atoms. The van der Waals surface area contributed by atoms with Gasteiger partial charge in [0.2, 0.25) is 5.91 Å². The number of nitrogens with zero attached hydrogens (tertiary/aromatic N) is 1. The van der Waals surface area contributed by atoms with E-state index in [1.165, 1.54) is 4.90 Å². The Morgan fingerprint density at radius 1 is 1.58 bits per heavy atom. The van der Waals surface area contributed by atoms with Crippen LogP contribution in [0, 0.1) is 5.92 Å². The number of amides is 1. The second-order valence-electron chi connectivity index (χ2n) is 3.20. The van der Waals surface area contributed by atoms with E-state index in [1.807, 2.05) is 0 Å². The van der Waals surface area contributed by atoms with E-state index in [0.29, 0.717) is 13.1 Å². The number of carbonyl (C=O) groups excluding carboxylic acids is 1. The summed E-state index contributed by atoms with van der Waals surface area (Å²) in [6, 6.07) is 0. The van der Waals surface area contributed by atoms with Crippen LogP contribution < -0.4 is 5.73 Å². The van der Waals surface area contributed by atoms with Crippen molar-refractivity contribution in [1.82, 2.24) is 4.90 Å². The number of aliphatic hydroxyl groups excluding tert-OH is 1. The highest BCUT2D eigenvalue weighted by molar-refractivity contribution is 5.78. The lowest BCUT2D eigenvalue weighted by molar-refractivity contribution is -0.134. The lowest BCUT2D eigenvalue weighted by atomic mass is 10.1. The number of carbonyl (C=O) groups is 1. The van der Waals surface area contributed by atoms with Crippen LogP contribution in [0.5, 0.6) is 0 Å². The minimum Gasteiger partial charge on any atom is -0.392 e. The van der Waals surface area contributed by atoms with Crippen LogP contribution in [0.25, 0.3) is 0 Å². The molecule has 0 rings (SSSR count). The van der Waals surface area contributed by atoms with Gasteiger partial charge in [-0.05, 0) is 6.92 Å². The fourth-order valence-corrected chi connectivity index (χ4v) is 0.963. The lowest BCUT2D eigenvalue weighted by Gasteiger charge is -2.21. The number of likely N-dealkylation sites (N-methyl/N-ethyl adjacent to an activating group) is 1. The molecule has 0 radical (unpaired) electrons. The van der Waals surface area contributed by atoms with Crippen molar-refractivity contribution in [3.05, 3.63) is 0 Å². The summed E-state index contributed by atoms with van der Waals surface area (Å²) < 4.78 is 0. The highest BCUT2D eigenvalue weighted by Crippen LogP contribution is 1.99. The van der Waals surface area contributed by atoms with E-state index in [4.69, 9.17) is 10.8 Å². The maximum Gasteiger partial charge on any atom is 0.226 e. The van der Waals surface area contributed by atoms with Gasteiger partial charge in [0.25, 0.3) is 0 Å². The SMILES string of the molecule is CC(O)CN(C)C(=O)C(C)CN. The Morgan fingerprint density at radius 2 is 2.08 bits per heavy atom.